The number of hydrogen-bond acceptors (Lipinski definition) is 6. The maximum Gasteiger partial charge on any atom is 0.326 e. The van der Waals surface area contributed by atoms with E-state index in [-0.39, 0.29) is 18.7 Å². The van der Waals surface area contributed by atoms with Crippen molar-refractivity contribution >= 4 is 23.2 Å². The molecule has 0 aliphatic heterocycles. The molecule has 0 saturated heterocycles. The normalized spacial score (nSPS) is 12.1. The molecule has 0 aromatic carbocycles. The average Bonchev–Trinajstić information content (AvgIpc) is 3.08. The lowest BCUT2D eigenvalue weighted by Gasteiger charge is -2.11. The summed E-state index contributed by atoms with van der Waals surface area (Å²) in [5, 5.41) is 22.0. The quantitative estimate of drug-likeness (QED) is 0.732. The second kappa shape index (κ2) is 6.31. The predicted octanol–water partition coefficient (Wildman–Crippen LogP) is 0.969. The zero-order valence-corrected chi connectivity index (χ0v) is 11.1. The highest BCUT2D eigenvalue weighted by atomic mass is 32.1. The van der Waals surface area contributed by atoms with Crippen LogP contribution >= 0.6 is 11.3 Å². The highest BCUT2D eigenvalue weighted by Crippen LogP contribution is 2.23. The molecule has 0 bridgehead atoms. The fraction of sp³-hybridized carbons (Fsp3) is 0.250. The standard InChI is InChI=1S/C12H12N2O5S/c15-4-3-7(12(17)18)13-10(16)8-6-20-11(14-8)9-2-1-5-19-9/h1-2,5-7,15H,3-4H2,(H,13,16)(H,17,18)/t7-/m0/s1. The van der Waals surface area contributed by atoms with Crippen molar-refractivity contribution in [3.05, 3.63) is 29.5 Å². The van der Waals surface area contributed by atoms with Crippen molar-refractivity contribution in [3.63, 3.8) is 0 Å². The van der Waals surface area contributed by atoms with Crippen LogP contribution in [0.2, 0.25) is 0 Å². The monoisotopic (exact) mass is 296 g/mol. The molecule has 0 aliphatic rings. The zero-order valence-electron chi connectivity index (χ0n) is 10.3. The number of aliphatic hydroxyl groups is 1. The van der Waals surface area contributed by atoms with Gasteiger partial charge in [-0.1, -0.05) is 0 Å². The fourth-order valence-electron chi connectivity index (χ4n) is 1.51. The highest BCUT2D eigenvalue weighted by Gasteiger charge is 2.21. The number of amides is 1. The van der Waals surface area contributed by atoms with Gasteiger partial charge in [0, 0.05) is 18.4 Å². The molecule has 0 spiro atoms. The van der Waals surface area contributed by atoms with Crippen LogP contribution < -0.4 is 5.32 Å². The number of hydrogen-bond donors (Lipinski definition) is 3. The van der Waals surface area contributed by atoms with Crippen LogP contribution in [0.5, 0.6) is 0 Å². The topological polar surface area (TPSA) is 113 Å². The van der Waals surface area contributed by atoms with Crippen molar-refractivity contribution < 1.29 is 24.2 Å². The van der Waals surface area contributed by atoms with E-state index in [1.54, 1.807) is 12.1 Å². The summed E-state index contributed by atoms with van der Waals surface area (Å²) in [5.41, 5.74) is 0.116. The number of thiazole rings is 1. The Kier molecular flexibility index (Phi) is 4.49. The molecule has 0 unspecified atom stereocenters. The Labute approximate surface area is 117 Å². The van der Waals surface area contributed by atoms with E-state index in [0.717, 1.165) is 0 Å². The van der Waals surface area contributed by atoms with Gasteiger partial charge in [-0.15, -0.1) is 11.3 Å². The maximum absolute atomic E-state index is 11.9. The summed E-state index contributed by atoms with van der Waals surface area (Å²) in [4.78, 5) is 26.8. The van der Waals surface area contributed by atoms with Crippen molar-refractivity contribution in [1.82, 2.24) is 10.3 Å². The first-order valence-corrected chi connectivity index (χ1v) is 6.63. The second-order valence-electron chi connectivity index (χ2n) is 3.89. The second-order valence-corrected chi connectivity index (χ2v) is 4.75. The molecule has 0 radical (unpaired) electrons. The molecule has 0 aliphatic carbocycles. The molecule has 2 aromatic heterocycles. The van der Waals surface area contributed by atoms with Crippen molar-refractivity contribution in [1.29, 1.82) is 0 Å². The summed E-state index contributed by atoms with van der Waals surface area (Å²) in [5.74, 6) is -1.26. The van der Waals surface area contributed by atoms with Gasteiger partial charge in [0.2, 0.25) is 0 Å². The Morgan fingerprint density at radius 3 is 2.90 bits per heavy atom. The van der Waals surface area contributed by atoms with E-state index in [0.29, 0.717) is 10.8 Å². The summed E-state index contributed by atoms with van der Waals surface area (Å²) < 4.78 is 5.16. The third kappa shape index (κ3) is 3.22. The Balaban J connectivity index is 2.08. The predicted molar refractivity (Wildman–Crippen MR) is 70.4 cm³/mol. The minimum atomic E-state index is -1.20. The number of aliphatic hydroxyl groups excluding tert-OH is 1. The number of carbonyl (C=O) groups is 2. The molecule has 1 atom stereocenters. The SMILES string of the molecule is O=C(N[C@@H](CCO)C(=O)O)c1csc(-c2ccco2)n1. The van der Waals surface area contributed by atoms with Crippen LogP contribution in [-0.2, 0) is 4.79 Å². The molecule has 2 heterocycles. The molecule has 0 fully saturated rings. The minimum absolute atomic E-state index is 0.0593. The van der Waals surface area contributed by atoms with E-state index in [2.05, 4.69) is 10.3 Å². The number of aliphatic carboxylic acids is 1. The number of carboxylic acid groups (broad SMARTS) is 1. The highest BCUT2D eigenvalue weighted by molar-refractivity contribution is 7.13. The Morgan fingerprint density at radius 1 is 1.50 bits per heavy atom. The van der Waals surface area contributed by atoms with E-state index in [9.17, 15) is 9.59 Å². The molecule has 2 aromatic rings. The van der Waals surface area contributed by atoms with Gasteiger partial charge < -0.3 is 19.9 Å². The molecular weight excluding hydrogens is 284 g/mol. The van der Waals surface area contributed by atoms with E-state index in [1.165, 1.54) is 23.0 Å². The van der Waals surface area contributed by atoms with Gasteiger partial charge in [-0.05, 0) is 12.1 Å². The zero-order chi connectivity index (χ0) is 14.5. The molecule has 106 valence electrons. The van der Waals surface area contributed by atoms with Gasteiger partial charge in [0.15, 0.2) is 10.8 Å². The first-order chi connectivity index (χ1) is 9.61. The van der Waals surface area contributed by atoms with Crippen molar-refractivity contribution in [2.24, 2.45) is 0 Å². The number of aromatic nitrogens is 1. The fourth-order valence-corrected chi connectivity index (χ4v) is 2.28. The van der Waals surface area contributed by atoms with Crippen LogP contribution in [0.4, 0.5) is 0 Å². The molecular formula is C12H12N2O5S. The lowest BCUT2D eigenvalue weighted by molar-refractivity contribution is -0.139. The summed E-state index contributed by atoms with van der Waals surface area (Å²) in [6.45, 7) is -0.327. The number of rotatable bonds is 6. The summed E-state index contributed by atoms with van der Waals surface area (Å²) in [6, 6.07) is 2.28. The van der Waals surface area contributed by atoms with Gasteiger partial charge in [0.25, 0.3) is 5.91 Å². The molecule has 3 N–H and O–H groups in total. The molecule has 0 saturated carbocycles. The molecule has 8 heteroatoms. The van der Waals surface area contributed by atoms with Crippen molar-refractivity contribution in [2.45, 2.75) is 12.5 Å². The van der Waals surface area contributed by atoms with Crippen LogP contribution in [-0.4, -0.2) is 39.7 Å². The number of nitrogens with one attached hydrogen (secondary N) is 1. The lowest BCUT2D eigenvalue weighted by atomic mass is 10.2. The van der Waals surface area contributed by atoms with Crippen LogP contribution in [0.15, 0.2) is 28.2 Å². The first kappa shape index (κ1) is 14.2. The summed E-state index contributed by atoms with van der Waals surface area (Å²) >= 11 is 1.22. The van der Waals surface area contributed by atoms with Gasteiger partial charge in [-0.2, -0.15) is 0 Å². The first-order valence-electron chi connectivity index (χ1n) is 5.75. The van der Waals surface area contributed by atoms with Gasteiger partial charge >= 0.3 is 5.97 Å². The van der Waals surface area contributed by atoms with Gasteiger partial charge in [0.1, 0.15) is 11.7 Å². The number of furan rings is 1. The van der Waals surface area contributed by atoms with Crippen LogP contribution in [0.3, 0.4) is 0 Å². The van der Waals surface area contributed by atoms with Gasteiger partial charge in [-0.3, -0.25) is 4.79 Å². The van der Waals surface area contributed by atoms with E-state index >= 15 is 0 Å². The largest absolute Gasteiger partial charge is 0.480 e. The average molecular weight is 296 g/mol. The summed E-state index contributed by atoms with van der Waals surface area (Å²) in [7, 11) is 0. The van der Waals surface area contributed by atoms with Crippen LogP contribution in [0.25, 0.3) is 10.8 Å². The van der Waals surface area contributed by atoms with Gasteiger partial charge in [-0.25, -0.2) is 9.78 Å². The minimum Gasteiger partial charge on any atom is -0.480 e. The number of carboxylic acids is 1. The molecule has 2 rings (SSSR count). The van der Waals surface area contributed by atoms with Crippen molar-refractivity contribution in [2.75, 3.05) is 6.61 Å². The summed E-state index contributed by atoms with van der Waals surface area (Å²) in [6.07, 6.45) is 1.44. The number of carbonyl (C=O) groups excluding carboxylic acids is 1. The molecule has 1 amide bonds. The lowest BCUT2D eigenvalue weighted by Crippen LogP contribution is -2.41. The third-order valence-electron chi connectivity index (χ3n) is 2.49. The Morgan fingerprint density at radius 2 is 2.30 bits per heavy atom. The smallest absolute Gasteiger partial charge is 0.326 e. The van der Waals surface area contributed by atoms with Gasteiger partial charge in [0.05, 0.1) is 6.26 Å². The number of nitrogens with zero attached hydrogens (tertiary/aromatic N) is 1. The Hall–Kier alpha value is -2.19. The van der Waals surface area contributed by atoms with Crippen LogP contribution in [0.1, 0.15) is 16.9 Å². The Bertz CT molecular complexity index is 593. The molecule has 7 nitrogen and oxygen atoms in total. The van der Waals surface area contributed by atoms with Crippen LogP contribution in [0, 0.1) is 0 Å². The van der Waals surface area contributed by atoms with E-state index in [4.69, 9.17) is 14.6 Å². The van der Waals surface area contributed by atoms with E-state index < -0.39 is 17.9 Å². The third-order valence-corrected chi connectivity index (χ3v) is 3.35. The van der Waals surface area contributed by atoms with Crippen molar-refractivity contribution in [3.8, 4) is 10.8 Å². The van der Waals surface area contributed by atoms with E-state index in [1.807, 2.05) is 0 Å². The maximum atomic E-state index is 11.9. The molecule has 20 heavy (non-hydrogen) atoms.